The van der Waals surface area contributed by atoms with Crippen molar-refractivity contribution in [3.8, 4) is 0 Å². The number of amides is 1. The van der Waals surface area contributed by atoms with Gasteiger partial charge in [0.2, 0.25) is 6.43 Å². The van der Waals surface area contributed by atoms with Crippen molar-refractivity contribution >= 4 is 6.09 Å². The topological polar surface area (TPSA) is 49.8 Å². The molecular weight excluding hydrogens is 232 g/mol. The Labute approximate surface area is 99.5 Å². The Bertz CT molecular complexity index is 278. The summed E-state index contributed by atoms with van der Waals surface area (Å²) < 4.78 is 30.2. The highest BCUT2D eigenvalue weighted by molar-refractivity contribution is 5.69. The zero-order chi connectivity index (χ0) is 13.2. The molecule has 1 fully saturated rings. The smallest absolute Gasteiger partial charge is 0.410 e. The van der Waals surface area contributed by atoms with Gasteiger partial charge in [0.15, 0.2) is 0 Å². The third kappa shape index (κ3) is 3.80. The van der Waals surface area contributed by atoms with E-state index in [2.05, 4.69) is 0 Å². The molecule has 1 aliphatic rings. The lowest BCUT2D eigenvalue weighted by molar-refractivity contribution is 0.0156. The number of nitrogens with zero attached hydrogens (tertiary/aromatic N) is 1. The predicted octanol–water partition coefficient (Wildman–Crippen LogP) is 1.87. The number of rotatable bonds is 2. The van der Waals surface area contributed by atoms with Crippen LogP contribution < -0.4 is 0 Å². The van der Waals surface area contributed by atoms with Gasteiger partial charge in [0.1, 0.15) is 5.60 Å². The lowest BCUT2D eigenvalue weighted by atomic mass is 10.1. The van der Waals surface area contributed by atoms with Crippen LogP contribution in [0.5, 0.6) is 0 Å². The summed E-state index contributed by atoms with van der Waals surface area (Å²) in [4.78, 5) is 12.9. The van der Waals surface area contributed by atoms with Crippen LogP contribution in [0, 0.1) is 5.92 Å². The molecule has 0 saturated carbocycles. The maximum Gasteiger partial charge on any atom is 0.410 e. The van der Waals surface area contributed by atoms with Crippen LogP contribution in [0.3, 0.4) is 0 Å². The molecule has 1 saturated heterocycles. The summed E-state index contributed by atoms with van der Waals surface area (Å²) >= 11 is 0. The fourth-order valence-corrected chi connectivity index (χ4v) is 1.85. The summed E-state index contributed by atoms with van der Waals surface area (Å²) in [7, 11) is 0. The number of halogens is 2. The van der Waals surface area contributed by atoms with Gasteiger partial charge in [0, 0.05) is 12.5 Å². The molecular formula is C11H19F2NO3. The minimum Gasteiger partial charge on any atom is -0.444 e. The second-order valence-electron chi connectivity index (χ2n) is 5.30. The molecule has 0 unspecified atom stereocenters. The molecule has 6 heteroatoms. The predicted molar refractivity (Wildman–Crippen MR) is 57.9 cm³/mol. The van der Waals surface area contributed by atoms with Crippen LogP contribution in [0.25, 0.3) is 0 Å². The van der Waals surface area contributed by atoms with E-state index in [1.807, 2.05) is 0 Å². The van der Waals surface area contributed by atoms with Gasteiger partial charge in [-0.2, -0.15) is 0 Å². The SMILES string of the molecule is CC(C)(C)OC(=O)N1C[C@H](C(F)F)C[C@H]1CO. The van der Waals surface area contributed by atoms with Crippen LogP contribution in [0.1, 0.15) is 27.2 Å². The molecule has 1 N–H and O–H groups in total. The molecule has 1 aliphatic heterocycles. The first-order valence-corrected chi connectivity index (χ1v) is 5.63. The molecule has 100 valence electrons. The molecule has 1 amide bonds. The van der Waals surface area contributed by atoms with E-state index in [-0.39, 0.29) is 19.6 Å². The van der Waals surface area contributed by atoms with Gasteiger partial charge in [-0.05, 0) is 27.2 Å². The van der Waals surface area contributed by atoms with Crippen molar-refractivity contribution in [2.24, 2.45) is 5.92 Å². The lowest BCUT2D eigenvalue weighted by Gasteiger charge is -2.27. The molecule has 1 rings (SSSR count). The summed E-state index contributed by atoms with van der Waals surface area (Å²) in [6.45, 7) is 4.75. The van der Waals surface area contributed by atoms with Crippen molar-refractivity contribution in [3.63, 3.8) is 0 Å². The highest BCUT2D eigenvalue weighted by Gasteiger charge is 2.40. The maximum atomic E-state index is 12.6. The Morgan fingerprint density at radius 1 is 1.53 bits per heavy atom. The molecule has 0 spiro atoms. The number of hydrogen-bond acceptors (Lipinski definition) is 3. The first-order valence-electron chi connectivity index (χ1n) is 5.63. The number of carbonyl (C=O) groups is 1. The van der Waals surface area contributed by atoms with Crippen molar-refractivity contribution < 1.29 is 23.4 Å². The number of carbonyl (C=O) groups excluding carboxylic acids is 1. The van der Waals surface area contributed by atoms with Gasteiger partial charge >= 0.3 is 6.09 Å². The molecule has 0 aliphatic carbocycles. The van der Waals surface area contributed by atoms with Gasteiger partial charge in [0.05, 0.1) is 12.6 Å². The van der Waals surface area contributed by atoms with Crippen LogP contribution in [-0.4, -0.2) is 47.3 Å². The van der Waals surface area contributed by atoms with Crippen molar-refractivity contribution in [2.75, 3.05) is 13.2 Å². The molecule has 0 aromatic carbocycles. The van der Waals surface area contributed by atoms with Crippen LogP contribution in [-0.2, 0) is 4.74 Å². The lowest BCUT2D eigenvalue weighted by Crippen LogP contribution is -2.41. The van der Waals surface area contributed by atoms with E-state index in [4.69, 9.17) is 9.84 Å². The van der Waals surface area contributed by atoms with Gasteiger partial charge in [-0.15, -0.1) is 0 Å². The van der Waals surface area contributed by atoms with Gasteiger partial charge in [0.25, 0.3) is 0 Å². The fraction of sp³-hybridized carbons (Fsp3) is 0.909. The van der Waals surface area contributed by atoms with E-state index in [1.54, 1.807) is 20.8 Å². The summed E-state index contributed by atoms with van der Waals surface area (Å²) in [5.41, 5.74) is -0.667. The first kappa shape index (κ1) is 14.2. The first-order chi connectivity index (χ1) is 7.74. The van der Waals surface area contributed by atoms with Gasteiger partial charge in [-0.1, -0.05) is 0 Å². The van der Waals surface area contributed by atoms with E-state index >= 15 is 0 Å². The minimum absolute atomic E-state index is 0.0577. The number of likely N-dealkylation sites (tertiary alicyclic amines) is 1. The molecule has 17 heavy (non-hydrogen) atoms. The fourth-order valence-electron chi connectivity index (χ4n) is 1.85. The zero-order valence-electron chi connectivity index (χ0n) is 10.3. The minimum atomic E-state index is -2.48. The van der Waals surface area contributed by atoms with Crippen molar-refractivity contribution in [1.29, 1.82) is 0 Å². The van der Waals surface area contributed by atoms with Crippen LogP contribution >= 0.6 is 0 Å². The van der Waals surface area contributed by atoms with Crippen LogP contribution in [0.4, 0.5) is 13.6 Å². The normalized spacial score (nSPS) is 25.5. The van der Waals surface area contributed by atoms with Crippen LogP contribution in [0.15, 0.2) is 0 Å². The Morgan fingerprint density at radius 2 is 2.12 bits per heavy atom. The summed E-state index contributed by atoms with van der Waals surface area (Å²) in [5, 5.41) is 9.09. The molecule has 0 radical (unpaired) electrons. The maximum absolute atomic E-state index is 12.6. The van der Waals surface area contributed by atoms with Gasteiger partial charge in [-0.25, -0.2) is 13.6 Å². The van der Waals surface area contributed by atoms with E-state index in [9.17, 15) is 13.6 Å². The molecule has 0 aromatic heterocycles. The molecule has 0 bridgehead atoms. The standard InChI is InChI=1S/C11H19F2NO3/c1-11(2,3)17-10(16)14-5-7(9(12)13)4-8(14)6-15/h7-9,15H,4-6H2,1-3H3/t7-,8+/m1/s1. The Hall–Kier alpha value is -0.910. The van der Waals surface area contributed by atoms with E-state index in [0.29, 0.717) is 0 Å². The molecule has 1 heterocycles. The molecule has 0 aromatic rings. The zero-order valence-corrected chi connectivity index (χ0v) is 10.3. The second kappa shape index (κ2) is 5.16. The molecule has 2 atom stereocenters. The number of ether oxygens (including phenoxy) is 1. The van der Waals surface area contributed by atoms with Crippen molar-refractivity contribution in [1.82, 2.24) is 4.90 Å². The second-order valence-corrected chi connectivity index (χ2v) is 5.30. The number of alkyl halides is 2. The van der Waals surface area contributed by atoms with Gasteiger partial charge in [-0.3, -0.25) is 0 Å². The van der Waals surface area contributed by atoms with Crippen LogP contribution in [0.2, 0.25) is 0 Å². The number of hydrogen-bond donors (Lipinski definition) is 1. The Morgan fingerprint density at radius 3 is 2.53 bits per heavy atom. The van der Waals surface area contributed by atoms with E-state index in [1.165, 1.54) is 4.90 Å². The Kier molecular flexibility index (Phi) is 4.30. The molecule has 4 nitrogen and oxygen atoms in total. The average Bonchev–Trinajstić information content (AvgIpc) is 2.58. The third-order valence-corrected chi connectivity index (χ3v) is 2.64. The van der Waals surface area contributed by atoms with Crippen molar-refractivity contribution in [3.05, 3.63) is 0 Å². The average molecular weight is 251 g/mol. The van der Waals surface area contributed by atoms with Gasteiger partial charge < -0.3 is 14.7 Å². The largest absolute Gasteiger partial charge is 0.444 e. The van der Waals surface area contributed by atoms with E-state index < -0.39 is 30.1 Å². The Balaban J connectivity index is 2.66. The quantitative estimate of drug-likeness (QED) is 0.815. The highest BCUT2D eigenvalue weighted by Crippen LogP contribution is 2.29. The highest BCUT2D eigenvalue weighted by atomic mass is 19.3. The summed E-state index contributed by atoms with van der Waals surface area (Å²) in [5.74, 6) is -0.875. The number of aliphatic hydroxyl groups is 1. The monoisotopic (exact) mass is 251 g/mol. The number of aliphatic hydroxyl groups excluding tert-OH is 1. The third-order valence-electron chi connectivity index (χ3n) is 2.64. The summed E-state index contributed by atoms with van der Waals surface area (Å²) in [6, 6.07) is -0.566. The van der Waals surface area contributed by atoms with Crippen molar-refractivity contribution in [2.45, 2.75) is 45.3 Å². The van der Waals surface area contributed by atoms with E-state index in [0.717, 1.165) is 0 Å². The summed E-state index contributed by atoms with van der Waals surface area (Å²) in [6.07, 6.45) is -3.00.